The summed E-state index contributed by atoms with van der Waals surface area (Å²) in [7, 11) is 0. The second kappa shape index (κ2) is 11.0. The quantitative estimate of drug-likeness (QED) is 0.537. The van der Waals surface area contributed by atoms with Crippen LogP contribution in [0.1, 0.15) is 32.8 Å². The average Bonchev–Trinajstić information content (AvgIpc) is 2.67. The van der Waals surface area contributed by atoms with Gasteiger partial charge in [-0.25, -0.2) is 0 Å². The lowest BCUT2D eigenvalue weighted by Crippen LogP contribution is -2.51. The monoisotopic (exact) mass is 494 g/mol. The predicted octanol–water partition coefficient (Wildman–Crippen LogP) is 4.00. The Labute approximate surface area is 180 Å². The number of nitrogens with one attached hydrogen (secondary N) is 1. The van der Waals surface area contributed by atoms with Crippen molar-refractivity contribution in [2.45, 2.75) is 45.8 Å². The summed E-state index contributed by atoms with van der Waals surface area (Å²) < 4.78 is 6.77. The highest BCUT2D eigenvalue weighted by molar-refractivity contribution is 14.1. The van der Waals surface area contributed by atoms with Gasteiger partial charge in [-0.05, 0) is 72.7 Å². The molecule has 0 bridgehead atoms. The van der Waals surface area contributed by atoms with Crippen molar-refractivity contribution in [1.29, 1.82) is 0 Å². The van der Waals surface area contributed by atoms with Gasteiger partial charge in [-0.1, -0.05) is 37.3 Å². The molecule has 0 saturated carbocycles. The first kappa shape index (κ1) is 22.2. The fourth-order valence-corrected chi connectivity index (χ4v) is 3.20. The Morgan fingerprint density at radius 1 is 1.07 bits per heavy atom. The van der Waals surface area contributed by atoms with Gasteiger partial charge >= 0.3 is 0 Å². The number of halogens is 1. The molecule has 2 aromatic rings. The summed E-state index contributed by atoms with van der Waals surface area (Å²) in [6.45, 7) is 5.98. The molecule has 0 heterocycles. The maximum atomic E-state index is 13.0. The lowest BCUT2D eigenvalue weighted by atomic mass is 10.1. The summed E-state index contributed by atoms with van der Waals surface area (Å²) in [6, 6.07) is 16.7. The molecule has 5 nitrogen and oxygen atoms in total. The first-order valence-corrected chi connectivity index (χ1v) is 10.5. The van der Waals surface area contributed by atoms with Crippen LogP contribution in [-0.4, -0.2) is 35.4 Å². The number of hydrogen-bond acceptors (Lipinski definition) is 3. The van der Waals surface area contributed by atoms with Crippen molar-refractivity contribution in [2.24, 2.45) is 0 Å². The third-order valence-electron chi connectivity index (χ3n) is 4.19. The smallest absolute Gasteiger partial charge is 0.261 e. The molecular weight excluding hydrogens is 467 g/mol. The van der Waals surface area contributed by atoms with Crippen LogP contribution in [-0.2, 0) is 16.1 Å². The molecule has 0 radical (unpaired) electrons. The van der Waals surface area contributed by atoms with Crippen LogP contribution in [0.4, 0.5) is 0 Å². The molecule has 2 amide bonds. The largest absolute Gasteiger partial charge is 0.484 e. The zero-order valence-corrected chi connectivity index (χ0v) is 18.7. The van der Waals surface area contributed by atoms with Gasteiger partial charge in [-0.15, -0.1) is 0 Å². The van der Waals surface area contributed by atoms with E-state index in [1.165, 1.54) is 0 Å². The van der Waals surface area contributed by atoms with Crippen molar-refractivity contribution in [3.63, 3.8) is 0 Å². The zero-order chi connectivity index (χ0) is 20.5. The molecule has 28 heavy (non-hydrogen) atoms. The summed E-state index contributed by atoms with van der Waals surface area (Å²) in [5, 5.41) is 2.92. The fourth-order valence-electron chi connectivity index (χ4n) is 2.84. The van der Waals surface area contributed by atoms with Gasteiger partial charge in [0.05, 0.1) is 0 Å². The molecule has 2 aromatic carbocycles. The molecule has 0 aliphatic carbocycles. The van der Waals surface area contributed by atoms with Crippen LogP contribution in [0.3, 0.4) is 0 Å². The highest BCUT2D eigenvalue weighted by Crippen LogP contribution is 2.16. The summed E-state index contributed by atoms with van der Waals surface area (Å²) in [5.41, 5.74) is 0.973. The van der Waals surface area contributed by atoms with E-state index in [1.54, 1.807) is 4.90 Å². The summed E-state index contributed by atoms with van der Waals surface area (Å²) in [5.74, 6) is 0.275. The Hall–Kier alpha value is -2.09. The van der Waals surface area contributed by atoms with E-state index in [2.05, 4.69) is 27.9 Å². The molecule has 0 aromatic heterocycles. The molecule has 0 spiro atoms. The zero-order valence-electron chi connectivity index (χ0n) is 16.5. The van der Waals surface area contributed by atoms with Gasteiger partial charge in [0.25, 0.3) is 5.91 Å². The van der Waals surface area contributed by atoms with Crippen LogP contribution in [0.25, 0.3) is 0 Å². The molecular formula is C22H27IN2O3. The van der Waals surface area contributed by atoms with Gasteiger partial charge in [0, 0.05) is 16.2 Å². The first-order valence-electron chi connectivity index (χ1n) is 9.42. The van der Waals surface area contributed by atoms with Crippen LogP contribution < -0.4 is 10.1 Å². The Bertz CT molecular complexity index is 763. The number of nitrogens with zero attached hydrogens (tertiary/aromatic N) is 1. The number of carbonyl (C=O) groups is 2. The van der Waals surface area contributed by atoms with E-state index >= 15 is 0 Å². The van der Waals surface area contributed by atoms with Crippen LogP contribution >= 0.6 is 22.6 Å². The Morgan fingerprint density at radius 2 is 1.71 bits per heavy atom. The predicted molar refractivity (Wildman–Crippen MR) is 119 cm³/mol. The molecule has 2 rings (SSSR count). The maximum absolute atomic E-state index is 13.0. The minimum absolute atomic E-state index is 0.0123. The van der Waals surface area contributed by atoms with E-state index in [4.69, 9.17) is 4.74 Å². The highest BCUT2D eigenvalue weighted by Gasteiger charge is 2.29. The third-order valence-corrected chi connectivity index (χ3v) is 4.91. The maximum Gasteiger partial charge on any atom is 0.261 e. The molecule has 1 N–H and O–H groups in total. The molecule has 0 fully saturated rings. The van der Waals surface area contributed by atoms with Gasteiger partial charge < -0.3 is 15.0 Å². The fraction of sp³-hybridized carbons (Fsp3) is 0.364. The number of ether oxygens (including phenoxy) is 1. The van der Waals surface area contributed by atoms with E-state index in [1.807, 2.05) is 75.4 Å². The van der Waals surface area contributed by atoms with Crippen molar-refractivity contribution < 1.29 is 14.3 Å². The normalized spacial score (nSPS) is 11.8. The van der Waals surface area contributed by atoms with Gasteiger partial charge in [0.15, 0.2) is 6.61 Å². The number of carbonyl (C=O) groups excluding carboxylic acids is 2. The van der Waals surface area contributed by atoms with E-state index in [0.29, 0.717) is 18.7 Å². The number of benzene rings is 2. The van der Waals surface area contributed by atoms with Crippen LogP contribution in [0.15, 0.2) is 54.6 Å². The van der Waals surface area contributed by atoms with Crippen LogP contribution in [0.2, 0.25) is 0 Å². The summed E-state index contributed by atoms with van der Waals surface area (Å²) in [6.07, 6.45) is 0.528. The van der Waals surface area contributed by atoms with Crippen molar-refractivity contribution in [3.8, 4) is 5.75 Å². The van der Waals surface area contributed by atoms with E-state index in [9.17, 15) is 9.59 Å². The Morgan fingerprint density at radius 3 is 2.29 bits per heavy atom. The minimum Gasteiger partial charge on any atom is -0.484 e. The summed E-state index contributed by atoms with van der Waals surface area (Å²) in [4.78, 5) is 27.3. The van der Waals surface area contributed by atoms with Crippen molar-refractivity contribution in [2.75, 3.05) is 6.61 Å². The molecule has 0 saturated heterocycles. The standard InChI is InChI=1S/C22H27IN2O3/c1-4-20(22(27)24-16(2)3)25(14-17-8-6-5-7-9-17)21(26)15-28-19-12-10-18(23)11-13-19/h5-13,16,20H,4,14-15H2,1-3H3,(H,24,27)/t20-/m1/s1. The molecule has 0 unspecified atom stereocenters. The van der Waals surface area contributed by atoms with Crippen molar-refractivity contribution in [3.05, 3.63) is 63.7 Å². The molecule has 0 aliphatic heterocycles. The second-order valence-corrected chi connectivity index (χ2v) is 8.08. The Balaban J connectivity index is 2.16. The van der Waals surface area contributed by atoms with Gasteiger partial charge in [0.2, 0.25) is 5.91 Å². The molecule has 6 heteroatoms. The number of hydrogen-bond donors (Lipinski definition) is 1. The van der Waals surface area contributed by atoms with Crippen LogP contribution in [0.5, 0.6) is 5.75 Å². The number of amides is 2. The second-order valence-electron chi connectivity index (χ2n) is 6.84. The van der Waals surface area contributed by atoms with Crippen LogP contribution in [0, 0.1) is 3.57 Å². The topological polar surface area (TPSA) is 58.6 Å². The first-order chi connectivity index (χ1) is 13.4. The average molecular weight is 494 g/mol. The lowest BCUT2D eigenvalue weighted by Gasteiger charge is -2.31. The van der Waals surface area contributed by atoms with E-state index in [0.717, 1.165) is 9.13 Å². The number of rotatable bonds is 9. The van der Waals surface area contributed by atoms with Gasteiger partial charge in [-0.3, -0.25) is 9.59 Å². The van der Waals surface area contributed by atoms with Crippen molar-refractivity contribution >= 4 is 34.4 Å². The van der Waals surface area contributed by atoms with Gasteiger partial charge in [-0.2, -0.15) is 0 Å². The van der Waals surface area contributed by atoms with E-state index < -0.39 is 6.04 Å². The van der Waals surface area contributed by atoms with Crippen molar-refractivity contribution in [1.82, 2.24) is 10.2 Å². The molecule has 1 atom stereocenters. The summed E-state index contributed by atoms with van der Waals surface area (Å²) >= 11 is 2.22. The lowest BCUT2D eigenvalue weighted by molar-refractivity contribution is -0.143. The minimum atomic E-state index is -0.546. The highest BCUT2D eigenvalue weighted by atomic mass is 127. The Kier molecular flexibility index (Phi) is 8.76. The van der Waals surface area contributed by atoms with E-state index in [-0.39, 0.29) is 24.5 Å². The molecule has 150 valence electrons. The SMILES string of the molecule is CC[C@H](C(=O)NC(C)C)N(Cc1ccccc1)C(=O)COc1ccc(I)cc1. The van der Waals surface area contributed by atoms with Gasteiger partial charge in [0.1, 0.15) is 11.8 Å². The third kappa shape index (κ3) is 6.82. The molecule has 0 aliphatic rings.